The smallest absolute Gasteiger partial charge is 0.224 e. The summed E-state index contributed by atoms with van der Waals surface area (Å²) in [5, 5.41) is 9.71. The molecule has 0 saturated carbocycles. The molecule has 2 rings (SSSR count). The molecule has 0 bridgehead atoms. The molecule has 0 unspecified atom stereocenters. The molecule has 1 amide bonds. The van der Waals surface area contributed by atoms with Gasteiger partial charge in [0.15, 0.2) is 5.96 Å². The van der Waals surface area contributed by atoms with Gasteiger partial charge in [0.1, 0.15) is 0 Å². The molecular weight excluding hydrogens is 437 g/mol. The van der Waals surface area contributed by atoms with Gasteiger partial charge in [-0.3, -0.25) is 9.79 Å². The third-order valence-corrected chi connectivity index (χ3v) is 4.56. The lowest BCUT2D eigenvalue weighted by Crippen LogP contribution is -2.38. The van der Waals surface area contributed by atoms with Gasteiger partial charge in [0.25, 0.3) is 0 Å². The molecule has 8 heteroatoms. The highest BCUT2D eigenvalue weighted by Crippen LogP contribution is 2.09. The number of carbonyl (C=O) groups is 1. The molecule has 0 aliphatic carbocycles. The van der Waals surface area contributed by atoms with E-state index < -0.39 is 0 Å². The van der Waals surface area contributed by atoms with Crippen molar-refractivity contribution in [1.82, 2.24) is 20.5 Å². The molecule has 1 aliphatic rings. The second-order valence-electron chi connectivity index (χ2n) is 5.63. The molecule has 1 saturated heterocycles. The van der Waals surface area contributed by atoms with Crippen molar-refractivity contribution in [3.05, 3.63) is 16.1 Å². The molecule has 0 aromatic carbocycles. The number of aromatic nitrogens is 1. The van der Waals surface area contributed by atoms with E-state index in [1.807, 2.05) is 18.7 Å². The van der Waals surface area contributed by atoms with Crippen LogP contribution in [0.4, 0.5) is 0 Å². The van der Waals surface area contributed by atoms with E-state index in [0.717, 1.165) is 62.1 Å². The Morgan fingerprint density at radius 1 is 1.38 bits per heavy atom. The molecule has 1 aliphatic heterocycles. The van der Waals surface area contributed by atoms with Crippen molar-refractivity contribution in [2.45, 2.75) is 39.5 Å². The summed E-state index contributed by atoms with van der Waals surface area (Å²) in [4.78, 5) is 22.9. The molecular formula is C16H28IN5OS. The number of nitrogens with zero attached hydrogens (tertiary/aromatic N) is 3. The molecule has 0 atom stereocenters. The minimum Gasteiger partial charge on any atom is -0.357 e. The van der Waals surface area contributed by atoms with E-state index in [0.29, 0.717) is 13.0 Å². The van der Waals surface area contributed by atoms with E-state index in [-0.39, 0.29) is 29.9 Å². The quantitative estimate of drug-likeness (QED) is 0.368. The van der Waals surface area contributed by atoms with Crippen molar-refractivity contribution in [3.8, 4) is 0 Å². The van der Waals surface area contributed by atoms with Crippen molar-refractivity contribution in [3.63, 3.8) is 0 Å². The van der Waals surface area contributed by atoms with Gasteiger partial charge in [-0.1, -0.05) is 0 Å². The number of hydrogen-bond donors (Lipinski definition) is 2. The first-order valence-electron chi connectivity index (χ1n) is 8.40. The van der Waals surface area contributed by atoms with Crippen LogP contribution in [0.15, 0.2) is 10.4 Å². The summed E-state index contributed by atoms with van der Waals surface area (Å²) in [6.45, 7) is 8.00. The lowest BCUT2D eigenvalue weighted by atomic mass is 10.3. The van der Waals surface area contributed by atoms with Crippen LogP contribution in [-0.2, 0) is 11.2 Å². The van der Waals surface area contributed by atoms with Crippen LogP contribution in [0.2, 0.25) is 0 Å². The molecule has 2 N–H and O–H groups in total. The largest absolute Gasteiger partial charge is 0.357 e. The summed E-state index contributed by atoms with van der Waals surface area (Å²) in [6.07, 6.45) is 3.63. The van der Waals surface area contributed by atoms with E-state index in [2.05, 4.69) is 26.0 Å². The topological polar surface area (TPSA) is 69.6 Å². The lowest BCUT2D eigenvalue weighted by molar-refractivity contribution is -0.129. The number of aryl methyl sites for hydroxylation is 1. The molecule has 136 valence electrons. The monoisotopic (exact) mass is 465 g/mol. The third-order valence-electron chi connectivity index (χ3n) is 3.74. The van der Waals surface area contributed by atoms with Crippen molar-refractivity contribution >= 4 is 47.2 Å². The maximum absolute atomic E-state index is 12.0. The predicted octanol–water partition coefficient (Wildman–Crippen LogP) is 2.18. The van der Waals surface area contributed by atoms with Crippen LogP contribution in [0.5, 0.6) is 0 Å². The summed E-state index contributed by atoms with van der Waals surface area (Å²) in [6, 6.07) is 0. The normalized spacial score (nSPS) is 14.4. The Labute approximate surface area is 165 Å². The van der Waals surface area contributed by atoms with Gasteiger partial charge in [0.05, 0.1) is 17.2 Å². The van der Waals surface area contributed by atoms with Crippen molar-refractivity contribution in [1.29, 1.82) is 0 Å². The van der Waals surface area contributed by atoms with Gasteiger partial charge in [0, 0.05) is 44.4 Å². The van der Waals surface area contributed by atoms with Crippen LogP contribution in [-0.4, -0.2) is 54.5 Å². The predicted molar refractivity (Wildman–Crippen MR) is 110 cm³/mol. The van der Waals surface area contributed by atoms with Crippen LogP contribution in [0.25, 0.3) is 0 Å². The molecule has 2 heterocycles. The molecule has 1 fully saturated rings. The Bertz CT molecular complexity index is 528. The second-order valence-corrected chi connectivity index (χ2v) is 6.70. The molecule has 24 heavy (non-hydrogen) atoms. The van der Waals surface area contributed by atoms with E-state index in [9.17, 15) is 4.79 Å². The summed E-state index contributed by atoms with van der Waals surface area (Å²) in [7, 11) is 0. The van der Waals surface area contributed by atoms with Gasteiger partial charge in [-0.15, -0.1) is 35.3 Å². The number of rotatable bonds is 7. The number of likely N-dealkylation sites (tertiary alicyclic amines) is 1. The fourth-order valence-electron chi connectivity index (χ4n) is 2.56. The zero-order chi connectivity index (χ0) is 16.5. The minimum absolute atomic E-state index is 0. The van der Waals surface area contributed by atoms with Crippen LogP contribution in [0.3, 0.4) is 0 Å². The van der Waals surface area contributed by atoms with Gasteiger partial charge in [0.2, 0.25) is 5.91 Å². The van der Waals surface area contributed by atoms with E-state index >= 15 is 0 Å². The first-order valence-corrected chi connectivity index (χ1v) is 9.28. The molecule has 1 aromatic heterocycles. The van der Waals surface area contributed by atoms with Crippen LogP contribution in [0, 0.1) is 6.92 Å². The maximum Gasteiger partial charge on any atom is 0.224 e. The molecule has 1 aromatic rings. The SMILES string of the molecule is CCNC(=NCCC(=O)N1CCCC1)NCCc1csc(C)n1.I. The third kappa shape index (κ3) is 7.33. The van der Waals surface area contributed by atoms with Crippen LogP contribution >= 0.6 is 35.3 Å². The van der Waals surface area contributed by atoms with Crippen molar-refractivity contribution < 1.29 is 4.79 Å². The molecule has 0 spiro atoms. The number of amides is 1. The van der Waals surface area contributed by atoms with Crippen molar-refractivity contribution in [2.75, 3.05) is 32.7 Å². The maximum atomic E-state index is 12.0. The lowest BCUT2D eigenvalue weighted by Gasteiger charge is -2.15. The Morgan fingerprint density at radius 3 is 2.75 bits per heavy atom. The number of carbonyl (C=O) groups excluding carboxylic acids is 1. The number of nitrogens with one attached hydrogen (secondary N) is 2. The van der Waals surface area contributed by atoms with E-state index in [1.165, 1.54) is 0 Å². The van der Waals surface area contributed by atoms with Gasteiger partial charge in [-0.25, -0.2) is 4.98 Å². The number of guanidine groups is 1. The Balaban J connectivity index is 0.00000288. The van der Waals surface area contributed by atoms with Crippen LogP contribution < -0.4 is 10.6 Å². The number of hydrogen-bond acceptors (Lipinski definition) is 4. The van der Waals surface area contributed by atoms with Crippen LogP contribution in [0.1, 0.15) is 36.9 Å². The Kier molecular flexibility index (Phi) is 10.2. The summed E-state index contributed by atoms with van der Waals surface area (Å²) < 4.78 is 0. The van der Waals surface area contributed by atoms with Crippen molar-refractivity contribution in [2.24, 2.45) is 4.99 Å². The minimum atomic E-state index is 0. The standard InChI is InChI=1S/C16H27N5OS.HI/c1-3-17-16(18-8-6-14-12-23-13(2)20-14)19-9-7-15(22)21-10-4-5-11-21;/h12H,3-11H2,1-2H3,(H2,17,18,19);1H. The number of halogens is 1. The van der Waals surface area contributed by atoms with Gasteiger partial charge < -0.3 is 15.5 Å². The highest BCUT2D eigenvalue weighted by molar-refractivity contribution is 14.0. The average Bonchev–Trinajstić information content (AvgIpc) is 3.19. The average molecular weight is 465 g/mol. The Morgan fingerprint density at radius 2 is 2.12 bits per heavy atom. The summed E-state index contributed by atoms with van der Waals surface area (Å²) >= 11 is 1.68. The Hall–Kier alpha value is -0.900. The highest BCUT2D eigenvalue weighted by Gasteiger charge is 2.16. The summed E-state index contributed by atoms with van der Waals surface area (Å²) in [5.74, 6) is 0.994. The fraction of sp³-hybridized carbons (Fsp3) is 0.688. The first-order chi connectivity index (χ1) is 11.2. The molecule has 0 radical (unpaired) electrons. The second kappa shape index (κ2) is 11.6. The van der Waals surface area contributed by atoms with Gasteiger partial charge >= 0.3 is 0 Å². The summed E-state index contributed by atoms with van der Waals surface area (Å²) in [5.41, 5.74) is 1.11. The number of thiazole rings is 1. The zero-order valence-corrected chi connectivity index (χ0v) is 17.7. The van der Waals surface area contributed by atoms with Gasteiger partial charge in [-0.05, 0) is 26.7 Å². The first kappa shape index (κ1) is 21.1. The van der Waals surface area contributed by atoms with E-state index in [4.69, 9.17) is 0 Å². The fourth-order valence-corrected chi connectivity index (χ4v) is 3.21. The number of aliphatic imine (C=N–C) groups is 1. The van der Waals surface area contributed by atoms with Gasteiger partial charge in [-0.2, -0.15) is 0 Å². The van der Waals surface area contributed by atoms with E-state index in [1.54, 1.807) is 11.3 Å². The molecule has 6 nitrogen and oxygen atoms in total. The zero-order valence-electron chi connectivity index (χ0n) is 14.5. The highest BCUT2D eigenvalue weighted by atomic mass is 127.